The Morgan fingerprint density at radius 2 is 1.00 bits per heavy atom. The monoisotopic (exact) mass is 377 g/mol. The second-order valence-electron chi connectivity index (χ2n) is 6.74. The van der Waals surface area contributed by atoms with Crippen molar-refractivity contribution in [2.75, 3.05) is 0 Å². The molecule has 134 valence electrons. The lowest BCUT2D eigenvalue weighted by Gasteiger charge is -2.18. The van der Waals surface area contributed by atoms with E-state index in [1.165, 1.54) is 32.5 Å². The molecule has 0 atom stereocenters. The Bertz CT molecular complexity index is 1160. The first kappa shape index (κ1) is 17.0. The highest BCUT2D eigenvalue weighted by atomic mass is 31.1. The van der Waals surface area contributed by atoms with Crippen LogP contribution in [0.4, 0.5) is 0 Å². The van der Waals surface area contributed by atoms with Crippen molar-refractivity contribution in [2.45, 2.75) is 0 Å². The average molecular weight is 377 g/mol. The molecule has 1 heterocycles. The minimum absolute atomic E-state index is 0.636. The van der Waals surface area contributed by atoms with Crippen LogP contribution < -0.4 is 15.9 Å². The maximum Gasteiger partial charge on any atom is 0.0535 e. The van der Waals surface area contributed by atoms with Crippen molar-refractivity contribution >= 4 is 34.7 Å². The molecule has 0 fully saturated rings. The van der Waals surface area contributed by atoms with E-state index in [0.717, 1.165) is 0 Å². The van der Waals surface area contributed by atoms with Gasteiger partial charge in [0.2, 0.25) is 0 Å². The number of aromatic nitrogens is 1. The molecule has 0 saturated heterocycles. The Morgan fingerprint density at radius 1 is 0.500 bits per heavy atom. The van der Waals surface area contributed by atoms with Crippen molar-refractivity contribution in [1.82, 2.24) is 4.57 Å². The molecule has 0 spiro atoms. The standard InChI is InChI=1S/C26H20NP/c1-4-12-21(13-5-1)27-20-26(24-18-10-11-19-25(24)27)28(22-14-6-2-7-15-22)23-16-8-3-9-17-23/h1-20H. The van der Waals surface area contributed by atoms with Gasteiger partial charge in [0, 0.05) is 22.6 Å². The summed E-state index contributed by atoms with van der Waals surface area (Å²) in [5.74, 6) is 0. The van der Waals surface area contributed by atoms with E-state index in [1.54, 1.807) is 0 Å². The van der Waals surface area contributed by atoms with Crippen molar-refractivity contribution in [3.8, 4) is 5.69 Å². The van der Waals surface area contributed by atoms with Crippen LogP contribution >= 0.6 is 7.92 Å². The van der Waals surface area contributed by atoms with E-state index in [1.807, 2.05) is 0 Å². The van der Waals surface area contributed by atoms with Gasteiger partial charge in [-0.1, -0.05) is 97.1 Å². The number of hydrogen-bond donors (Lipinski definition) is 0. The van der Waals surface area contributed by atoms with Crippen LogP contribution in [0.25, 0.3) is 16.6 Å². The minimum Gasteiger partial charge on any atom is -0.316 e. The lowest BCUT2D eigenvalue weighted by molar-refractivity contribution is 1.13. The lowest BCUT2D eigenvalue weighted by atomic mass is 10.2. The number of rotatable bonds is 4. The van der Waals surface area contributed by atoms with E-state index < -0.39 is 7.92 Å². The fraction of sp³-hybridized carbons (Fsp3) is 0. The highest BCUT2D eigenvalue weighted by Crippen LogP contribution is 2.37. The minimum atomic E-state index is -0.636. The molecule has 0 aliphatic carbocycles. The van der Waals surface area contributed by atoms with Gasteiger partial charge < -0.3 is 4.57 Å². The molecule has 1 nitrogen and oxygen atoms in total. The normalized spacial score (nSPS) is 11.2. The summed E-state index contributed by atoms with van der Waals surface area (Å²) >= 11 is 0. The average Bonchev–Trinajstić information content (AvgIpc) is 3.16. The fourth-order valence-corrected chi connectivity index (χ4v) is 6.18. The van der Waals surface area contributed by atoms with E-state index in [2.05, 4.69) is 126 Å². The molecule has 0 unspecified atom stereocenters. The van der Waals surface area contributed by atoms with Gasteiger partial charge in [-0.3, -0.25) is 0 Å². The van der Waals surface area contributed by atoms with Crippen LogP contribution in [0.3, 0.4) is 0 Å². The van der Waals surface area contributed by atoms with Gasteiger partial charge in [0.1, 0.15) is 0 Å². The molecule has 0 saturated carbocycles. The molecular weight excluding hydrogens is 357 g/mol. The van der Waals surface area contributed by atoms with Crippen molar-refractivity contribution in [3.05, 3.63) is 121 Å². The SMILES string of the molecule is c1ccc(-n2cc(P(c3ccccc3)c3ccccc3)c3ccccc32)cc1. The molecule has 2 heteroatoms. The lowest BCUT2D eigenvalue weighted by Crippen LogP contribution is -2.20. The van der Waals surface area contributed by atoms with Crippen molar-refractivity contribution in [3.63, 3.8) is 0 Å². The largest absolute Gasteiger partial charge is 0.316 e. The van der Waals surface area contributed by atoms with Gasteiger partial charge in [-0.2, -0.15) is 0 Å². The van der Waals surface area contributed by atoms with E-state index >= 15 is 0 Å². The van der Waals surface area contributed by atoms with E-state index in [9.17, 15) is 0 Å². The zero-order valence-corrected chi connectivity index (χ0v) is 16.3. The Kier molecular flexibility index (Phi) is 4.53. The summed E-state index contributed by atoms with van der Waals surface area (Å²) in [4.78, 5) is 0. The van der Waals surface area contributed by atoms with Crippen LogP contribution in [0.15, 0.2) is 121 Å². The number of nitrogens with zero attached hydrogens (tertiary/aromatic N) is 1. The molecule has 0 aliphatic rings. The van der Waals surface area contributed by atoms with Crippen LogP contribution in [-0.2, 0) is 0 Å². The Morgan fingerprint density at radius 3 is 1.61 bits per heavy atom. The number of fused-ring (bicyclic) bond motifs is 1. The smallest absolute Gasteiger partial charge is 0.0535 e. The van der Waals surface area contributed by atoms with E-state index in [4.69, 9.17) is 0 Å². The second kappa shape index (κ2) is 7.46. The van der Waals surface area contributed by atoms with Gasteiger partial charge in [0.05, 0.1) is 5.52 Å². The van der Waals surface area contributed by atoms with Gasteiger partial charge in [-0.05, 0) is 36.7 Å². The molecule has 0 N–H and O–H groups in total. The predicted molar refractivity (Wildman–Crippen MR) is 122 cm³/mol. The van der Waals surface area contributed by atoms with Gasteiger partial charge >= 0.3 is 0 Å². The van der Waals surface area contributed by atoms with Crippen molar-refractivity contribution < 1.29 is 0 Å². The van der Waals surface area contributed by atoms with Crippen LogP contribution in [0.1, 0.15) is 0 Å². The Hall–Kier alpha value is -3.15. The number of hydrogen-bond acceptors (Lipinski definition) is 0. The van der Waals surface area contributed by atoms with Crippen LogP contribution in [0.5, 0.6) is 0 Å². The second-order valence-corrected chi connectivity index (χ2v) is 8.93. The van der Waals surface area contributed by atoms with Crippen molar-refractivity contribution in [2.24, 2.45) is 0 Å². The summed E-state index contributed by atoms with van der Waals surface area (Å²) in [6, 6.07) is 41.1. The molecule has 0 bridgehead atoms. The maximum absolute atomic E-state index is 2.34. The topological polar surface area (TPSA) is 4.93 Å². The molecule has 4 aromatic carbocycles. The predicted octanol–water partition coefficient (Wildman–Crippen LogP) is 5.39. The zero-order valence-electron chi connectivity index (χ0n) is 15.4. The zero-order chi connectivity index (χ0) is 18.8. The molecular formula is C26H20NP. The Balaban J connectivity index is 1.79. The number of para-hydroxylation sites is 2. The molecule has 0 amide bonds. The van der Waals surface area contributed by atoms with Crippen molar-refractivity contribution in [1.29, 1.82) is 0 Å². The molecule has 5 aromatic rings. The molecule has 28 heavy (non-hydrogen) atoms. The highest BCUT2D eigenvalue weighted by molar-refractivity contribution is 7.80. The summed E-state index contributed by atoms with van der Waals surface area (Å²) in [5.41, 5.74) is 2.45. The van der Waals surface area contributed by atoms with E-state index in [-0.39, 0.29) is 0 Å². The first-order chi connectivity index (χ1) is 13.9. The third-order valence-electron chi connectivity index (χ3n) is 4.99. The molecule has 1 aromatic heterocycles. The quantitative estimate of drug-likeness (QED) is 0.370. The van der Waals surface area contributed by atoms with Crippen LogP contribution in [0, 0.1) is 0 Å². The van der Waals surface area contributed by atoms with Gasteiger partial charge in [-0.25, -0.2) is 0 Å². The summed E-state index contributed by atoms with van der Waals surface area (Å²) in [6.45, 7) is 0. The fourth-order valence-electron chi connectivity index (χ4n) is 3.72. The number of benzene rings is 4. The Labute approximate surface area is 166 Å². The van der Waals surface area contributed by atoms with Crippen LogP contribution in [-0.4, -0.2) is 4.57 Å². The summed E-state index contributed by atoms with van der Waals surface area (Å²) in [7, 11) is -0.636. The maximum atomic E-state index is 2.34. The van der Waals surface area contributed by atoms with Gasteiger partial charge in [0.25, 0.3) is 0 Å². The summed E-state index contributed by atoms with van der Waals surface area (Å²) in [6.07, 6.45) is 2.34. The summed E-state index contributed by atoms with van der Waals surface area (Å²) in [5, 5.41) is 5.47. The van der Waals surface area contributed by atoms with E-state index in [0.29, 0.717) is 0 Å². The third-order valence-corrected chi connectivity index (χ3v) is 7.46. The molecule has 0 radical (unpaired) electrons. The highest BCUT2D eigenvalue weighted by Gasteiger charge is 2.21. The molecule has 0 aliphatic heterocycles. The van der Waals surface area contributed by atoms with Gasteiger partial charge in [-0.15, -0.1) is 0 Å². The van der Waals surface area contributed by atoms with Gasteiger partial charge in [0.15, 0.2) is 0 Å². The summed E-state index contributed by atoms with van der Waals surface area (Å²) < 4.78 is 2.33. The molecule has 5 rings (SSSR count). The first-order valence-corrected chi connectivity index (χ1v) is 10.8. The first-order valence-electron chi connectivity index (χ1n) is 9.47. The third kappa shape index (κ3) is 3.05. The van der Waals surface area contributed by atoms with Crippen LogP contribution in [0.2, 0.25) is 0 Å².